The molecule has 2 N–H and O–H groups in total. The Hall–Kier alpha value is -1.53. The fourth-order valence-electron chi connectivity index (χ4n) is 1.66. The molecule has 0 saturated heterocycles. The Labute approximate surface area is 106 Å². The van der Waals surface area contributed by atoms with Crippen LogP contribution < -0.4 is 5.73 Å². The number of para-hydroxylation sites is 1. The van der Waals surface area contributed by atoms with E-state index in [4.69, 9.17) is 17.3 Å². The Balaban J connectivity index is 2.71. The molecule has 0 aliphatic rings. The number of imidazole rings is 1. The van der Waals surface area contributed by atoms with E-state index >= 15 is 0 Å². The van der Waals surface area contributed by atoms with E-state index in [0.717, 1.165) is 6.07 Å². The molecule has 0 spiro atoms. The lowest BCUT2D eigenvalue weighted by Crippen LogP contribution is -2.13. The lowest BCUT2D eigenvalue weighted by molar-refractivity contribution is -0.137. The third kappa shape index (κ3) is 2.21. The first-order valence-electron chi connectivity index (χ1n) is 5.02. The predicted octanol–water partition coefficient (Wildman–Crippen LogP) is 3.00. The molecular weight excluding hydrogens is 267 g/mol. The van der Waals surface area contributed by atoms with Gasteiger partial charge in [-0.25, -0.2) is 4.98 Å². The highest BCUT2D eigenvalue weighted by Crippen LogP contribution is 2.37. The molecule has 18 heavy (non-hydrogen) atoms. The average molecular weight is 276 g/mol. The average Bonchev–Trinajstić information content (AvgIpc) is 2.75. The molecule has 0 atom stereocenters. The van der Waals surface area contributed by atoms with Gasteiger partial charge in [-0.05, 0) is 12.1 Å². The van der Waals surface area contributed by atoms with Crippen molar-refractivity contribution in [3.05, 3.63) is 47.0 Å². The van der Waals surface area contributed by atoms with Gasteiger partial charge >= 0.3 is 6.18 Å². The summed E-state index contributed by atoms with van der Waals surface area (Å²) in [7, 11) is 0. The molecule has 7 heteroatoms. The minimum absolute atomic E-state index is 0.00229. The Morgan fingerprint density at radius 2 is 2.06 bits per heavy atom. The zero-order valence-electron chi connectivity index (χ0n) is 9.08. The van der Waals surface area contributed by atoms with Crippen molar-refractivity contribution in [3.63, 3.8) is 0 Å². The van der Waals surface area contributed by atoms with E-state index in [0.29, 0.717) is 5.69 Å². The van der Waals surface area contributed by atoms with Crippen LogP contribution in [0.3, 0.4) is 0 Å². The van der Waals surface area contributed by atoms with Crippen LogP contribution in [-0.4, -0.2) is 9.55 Å². The maximum Gasteiger partial charge on any atom is 0.418 e. The lowest BCUT2D eigenvalue weighted by atomic mass is 10.1. The first-order valence-corrected chi connectivity index (χ1v) is 5.40. The van der Waals surface area contributed by atoms with Gasteiger partial charge in [0.25, 0.3) is 0 Å². The first kappa shape index (κ1) is 12.9. The zero-order valence-corrected chi connectivity index (χ0v) is 9.83. The molecule has 1 aromatic heterocycles. The SMILES string of the molecule is NCc1cncn1-c1c(Cl)cccc1C(F)(F)F. The van der Waals surface area contributed by atoms with E-state index in [1.807, 2.05) is 0 Å². The summed E-state index contributed by atoms with van der Waals surface area (Å²) in [6.45, 7) is 0.0719. The molecule has 0 bridgehead atoms. The summed E-state index contributed by atoms with van der Waals surface area (Å²) < 4.78 is 40.1. The summed E-state index contributed by atoms with van der Waals surface area (Å²) in [5.41, 5.74) is 4.94. The molecule has 0 saturated carbocycles. The number of hydrogen-bond donors (Lipinski definition) is 1. The Morgan fingerprint density at radius 3 is 2.67 bits per heavy atom. The van der Waals surface area contributed by atoms with Crippen LogP contribution >= 0.6 is 11.6 Å². The van der Waals surface area contributed by atoms with Gasteiger partial charge in [0.2, 0.25) is 0 Å². The first-order chi connectivity index (χ1) is 8.45. The summed E-state index contributed by atoms with van der Waals surface area (Å²) in [6, 6.07) is 3.63. The molecule has 96 valence electrons. The fourth-order valence-corrected chi connectivity index (χ4v) is 1.93. The van der Waals surface area contributed by atoms with Gasteiger partial charge < -0.3 is 5.73 Å². The molecule has 0 radical (unpaired) electrons. The van der Waals surface area contributed by atoms with E-state index < -0.39 is 11.7 Å². The van der Waals surface area contributed by atoms with Gasteiger partial charge in [0.15, 0.2) is 0 Å². The highest BCUT2D eigenvalue weighted by molar-refractivity contribution is 6.32. The van der Waals surface area contributed by atoms with Crippen molar-refractivity contribution in [2.24, 2.45) is 5.73 Å². The van der Waals surface area contributed by atoms with Gasteiger partial charge in [-0.15, -0.1) is 0 Å². The summed E-state index contributed by atoms with van der Waals surface area (Å²) in [6.07, 6.45) is -1.82. The monoisotopic (exact) mass is 275 g/mol. The van der Waals surface area contributed by atoms with Gasteiger partial charge in [-0.2, -0.15) is 13.2 Å². The quantitative estimate of drug-likeness (QED) is 0.916. The van der Waals surface area contributed by atoms with Crippen LogP contribution in [0.4, 0.5) is 13.2 Å². The van der Waals surface area contributed by atoms with E-state index in [-0.39, 0.29) is 17.3 Å². The standard InChI is InChI=1S/C11H9ClF3N3/c12-9-3-1-2-8(11(13,14)15)10(9)18-6-17-5-7(18)4-16/h1-3,5-6H,4,16H2. The second-order valence-electron chi connectivity index (χ2n) is 3.59. The van der Waals surface area contributed by atoms with Crippen LogP contribution in [0, 0.1) is 0 Å². The Bertz CT molecular complexity index is 563. The molecule has 0 amide bonds. The lowest BCUT2D eigenvalue weighted by Gasteiger charge is -2.16. The molecular formula is C11H9ClF3N3. The van der Waals surface area contributed by atoms with Gasteiger partial charge in [0, 0.05) is 12.7 Å². The van der Waals surface area contributed by atoms with Crippen LogP contribution in [0.2, 0.25) is 5.02 Å². The summed E-state index contributed by atoms with van der Waals surface area (Å²) in [5, 5.41) is -0.00229. The van der Waals surface area contributed by atoms with Gasteiger partial charge in [-0.3, -0.25) is 4.57 Å². The smallest absolute Gasteiger partial charge is 0.325 e. The van der Waals surface area contributed by atoms with E-state index in [2.05, 4.69) is 4.98 Å². The van der Waals surface area contributed by atoms with Crippen molar-refractivity contribution in [1.82, 2.24) is 9.55 Å². The molecule has 2 aromatic rings. The highest BCUT2D eigenvalue weighted by Gasteiger charge is 2.35. The molecule has 0 unspecified atom stereocenters. The van der Waals surface area contributed by atoms with E-state index in [1.165, 1.54) is 29.2 Å². The highest BCUT2D eigenvalue weighted by atomic mass is 35.5. The van der Waals surface area contributed by atoms with Crippen LogP contribution in [0.5, 0.6) is 0 Å². The van der Waals surface area contributed by atoms with Gasteiger partial charge in [0.1, 0.15) is 0 Å². The number of halogens is 4. The number of aromatic nitrogens is 2. The van der Waals surface area contributed by atoms with Crippen LogP contribution in [0.15, 0.2) is 30.7 Å². The van der Waals surface area contributed by atoms with Crippen molar-refractivity contribution in [2.45, 2.75) is 12.7 Å². The number of hydrogen-bond acceptors (Lipinski definition) is 2. The van der Waals surface area contributed by atoms with Crippen molar-refractivity contribution >= 4 is 11.6 Å². The minimum Gasteiger partial charge on any atom is -0.325 e. The molecule has 1 aromatic carbocycles. The van der Waals surface area contributed by atoms with Crippen molar-refractivity contribution in [2.75, 3.05) is 0 Å². The second kappa shape index (κ2) is 4.62. The van der Waals surface area contributed by atoms with Gasteiger partial charge in [-0.1, -0.05) is 17.7 Å². The number of nitrogens with zero attached hydrogens (tertiary/aromatic N) is 2. The molecule has 3 nitrogen and oxygen atoms in total. The molecule has 0 aliphatic carbocycles. The van der Waals surface area contributed by atoms with Crippen molar-refractivity contribution in [3.8, 4) is 5.69 Å². The summed E-state index contributed by atoms with van der Waals surface area (Å²) >= 11 is 5.87. The van der Waals surface area contributed by atoms with Crippen LogP contribution in [0.1, 0.15) is 11.3 Å². The second-order valence-corrected chi connectivity index (χ2v) is 4.00. The molecule has 0 fully saturated rings. The topological polar surface area (TPSA) is 43.8 Å². The third-order valence-electron chi connectivity index (χ3n) is 2.46. The fraction of sp³-hybridized carbons (Fsp3) is 0.182. The number of nitrogens with two attached hydrogens (primary N) is 1. The van der Waals surface area contributed by atoms with E-state index in [9.17, 15) is 13.2 Å². The van der Waals surface area contributed by atoms with Crippen molar-refractivity contribution in [1.29, 1.82) is 0 Å². The largest absolute Gasteiger partial charge is 0.418 e. The minimum atomic E-state index is -4.49. The number of benzene rings is 1. The Morgan fingerprint density at radius 1 is 1.33 bits per heavy atom. The zero-order chi connectivity index (χ0) is 13.3. The number of rotatable bonds is 2. The van der Waals surface area contributed by atoms with Gasteiger partial charge in [0.05, 0.1) is 28.3 Å². The van der Waals surface area contributed by atoms with Crippen molar-refractivity contribution < 1.29 is 13.2 Å². The molecule has 1 heterocycles. The maximum absolute atomic E-state index is 12.9. The predicted molar refractivity (Wildman–Crippen MR) is 61.5 cm³/mol. The normalized spacial score (nSPS) is 11.8. The summed E-state index contributed by atoms with van der Waals surface area (Å²) in [4.78, 5) is 3.79. The van der Waals surface area contributed by atoms with Crippen LogP contribution in [0.25, 0.3) is 5.69 Å². The molecule has 2 rings (SSSR count). The molecule has 0 aliphatic heterocycles. The summed E-state index contributed by atoms with van der Waals surface area (Å²) in [5.74, 6) is 0. The third-order valence-corrected chi connectivity index (χ3v) is 2.76. The number of alkyl halides is 3. The maximum atomic E-state index is 12.9. The van der Waals surface area contributed by atoms with E-state index in [1.54, 1.807) is 0 Å². The van der Waals surface area contributed by atoms with Crippen LogP contribution in [-0.2, 0) is 12.7 Å². The Kier molecular flexibility index (Phi) is 3.32.